The molecule has 0 aromatic rings. The lowest BCUT2D eigenvalue weighted by molar-refractivity contribution is -0.218. The molecular weight excluding hydrogens is 492 g/mol. The number of nitrogens with one attached hydrogen (secondary N) is 3. The summed E-state index contributed by atoms with van der Waals surface area (Å²) >= 11 is 0. The summed E-state index contributed by atoms with van der Waals surface area (Å²) < 4.78 is 17.0. The van der Waals surface area contributed by atoms with Crippen LogP contribution >= 0.6 is 0 Å². The molecule has 0 aromatic heterocycles. The molecule has 3 aliphatic rings. The Morgan fingerprint density at radius 2 is 1.58 bits per heavy atom. The number of amides is 4. The molecule has 1 saturated carbocycles. The van der Waals surface area contributed by atoms with Crippen molar-refractivity contribution in [3.05, 3.63) is 0 Å². The standard InChI is InChI=1S/C27H46N4O7/c1-5-6-10-20(21(32)22(33)28-19-27(25(2,3)4)37-17-18-38-27)29-23(34)26(11-8-7-9-12-26)30-24(35)31-13-15-36-16-14-31/h20H,5-19H2,1-4H3,(H,28,33)(H,29,34)(H,30,35)/t20-/m0/s1. The average Bonchev–Trinajstić information content (AvgIpc) is 3.41. The Morgan fingerprint density at radius 1 is 0.947 bits per heavy atom. The largest absolute Gasteiger partial charge is 0.378 e. The third-order valence-electron chi connectivity index (χ3n) is 7.86. The van der Waals surface area contributed by atoms with E-state index in [9.17, 15) is 19.2 Å². The summed E-state index contributed by atoms with van der Waals surface area (Å²) in [7, 11) is 0. The molecule has 1 aliphatic carbocycles. The van der Waals surface area contributed by atoms with Gasteiger partial charge in [0.05, 0.1) is 39.0 Å². The van der Waals surface area contributed by atoms with Crippen LogP contribution in [0, 0.1) is 5.41 Å². The van der Waals surface area contributed by atoms with Gasteiger partial charge in [-0.15, -0.1) is 0 Å². The molecule has 3 fully saturated rings. The number of unbranched alkanes of at least 4 members (excludes halogenated alkanes) is 1. The number of ketones is 1. The third kappa shape index (κ3) is 7.24. The Kier molecular flexibility index (Phi) is 10.5. The number of rotatable bonds is 10. The highest BCUT2D eigenvalue weighted by Crippen LogP contribution is 2.37. The zero-order valence-electron chi connectivity index (χ0n) is 23.5. The number of ether oxygens (including phenoxy) is 3. The van der Waals surface area contributed by atoms with Crippen molar-refractivity contribution in [2.24, 2.45) is 5.41 Å². The molecule has 3 N–H and O–H groups in total. The van der Waals surface area contributed by atoms with Crippen LogP contribution in [0.4, 0.5) is 4.79 Å². The lowest BCUT2D eigenvalue weighted by atomic mass is 9.80. The molecule has 0 spiro atoms. The molecule has 11 heteroatoms. The molecule has 0 unspecified atom stereocenters. The summed E-state index contributed by atoms with van der Waals surface area (Å²) in [6.07, 6.45) is 5.32. The summed E-state index contributed by atoms with van der Waals surface area (Å²) in [5.74, 6) is -2.93. The van der Waals surface area contributed by atoms with Crippen molar-refractivity contribution in [3.8, 4) is 0 Å². The molecule has 4 amide bonds. The molecular formula is C27H46N4O7. The van der Waals surface area contributed by atoms with Gasteiger partial charge in [0.2, 0.25) is 11.7 Å². The fourth-order valence-corrected chi connectivity index (χ4v) is 5.28. The molecule has 0 aromatic carbocycles. The minimum Gasteiger partial charge on any atom is -0.378 e. The molecule has 216 valence electrons. The van der Waals surface area contributed by atoms with Gasteiger partial charge in [-0.3, -0.25) is 14.4 Å². The molecule has 2 aliphatic heterocycles. The second-order valence-electron chi connectivity index (χ2n) is 11.6. The second kappa shape index (κ2) is 13.2. The average molecular weight is 539 g/mol. The molecule has 3 rings (SSSR count). The number of hydrogen-bond acceptors (Lipinski definition) is 7. The maximum atomic E-state index is 13.7. The molecule has 2 saturated heterocycles. The normalized spacial score (nSPS) is 21.8. The maximum Gasteiger partial charge on any atom is 0.318 e. The van der Waals surface area contributed by atoms with Gasteiger partial charge in [0.15, 0.2) is 5.79 Å². The first kappa shape index (κ1) is 30.3. The molecule has 0 radical (unpaired) electrons. The lowest BCUT2D eigenvalue weighted by Crippen LogP contribution is -2.65. The summed E-state index contributed by atoms with van der Waals surface area (Å²) in [5.41, 5.74) is -1.54. The van der Waals surface area contributed by atoms with Gasteiger partial charge in [-0.2, -0.15) is 0 Å². The van der Waals surface area contributed by atoms with Gasteiger partial charge >= 0.3 is 6.03 Å². The van der Waals surface area contributed by atoms with Crippen LogP contribution in [0.5, 0.6) is 0 Å². The van der Waals surface area contributed by atoms with Gasteiger partial charge in [-0.05, 0) is 19.3 Å². The Bertz CT molecular complexity index is 839. The van der Waals surface area contributed by atoms with Crippen LogP contribution in [0.3, 0.4) is 0 Å². The zero-order chi connectivity index (χ0) is 27.8. The van der Waals surface area contributed by atoms with Gasteiger partial charge in [-0.25, -0.2) is 4.79 Å². The lowest BCUT2D eigenvalue weighted by Gasteiger charge is -2.40. The van der Waals surface area contributed by atoms with E-state index in [1.165, 1.54) is 0 Å². The maximum absolute atomic E-state index is 13.7. The molecule has 11 nitrogen and oxygen atoms in total. The topological polar surface area (TPSA) is 135 Å². The number of morpholine rings is 1. The van der Waals surface area contributed by atoms with E-state index in [1.807, 2.05) is 27.7 Å². The SMILES string of the molecule is CCCC[C@H](NC(=O)C1(NC(=O)N2CCOCC2)CCCCC1)C(=O)C(=O)NCC1(C(C)(C)C)OCCO1. The van der Waals surface area contributed by atoms with E-state index in [0.29, 0.717) is 65.2 Å². The highest BCUT2D eigenvalue weighted by Gasteiger charge is 2.48. The highest BCUT2D eigenvalue weighted by atomic mass is 16.7. The van der Waals surface area contributed by atoms with Crippen molar-refractivity contribution >= 4 is 23.6 Å². The van der Waals surface area contributed by atoms with Gasteiger partial charge in [0.25, 0.3) is 5.91 Å². The number of Topliss-reactive ketones (excluding diaryl/α,β-unsaturated/α-hetero) is 1. The second-order valence-corrected chi connectivity index (χ2v) is 11.6. The minimum atomic E-state index is -1.11. The van der Waals surface area contributed by atoms with Gasteiger partial charge in [0.1, 0.15) is 5.54 Å². The van der Waals surface area contributed by atoms with Crippen LogP contribution in [0.2, 0.25) is 0 Å². The van der Waals surface area contributed by atoms with E-state index in [1.54, 1.807) is 4.90 Å². The number of carbonyl (C=O) groups excluding carboxylic acids is 4. The zero-order valence-corrected chi connectivity index (χ0v) is 23.5. The summed E-state index contributed by atoms with van der Waals surface area (Å²) in [4.78, 5) is 54.6. The van der Waals surface area contributed by atoms with Crippen molar-refractivity contribution in [2.45, 2.75) is 96.4 Å². The molecule has 1 atom stereocenters. The van der Waals surface area contributed by atoms with E-state index < -0.39 is 40.4 Å². The highest BCUT2D eigenvalue weighted by molar-refractivity contribution is 6.38. The van der Waals surface area contributed by atoms with Gasteiger partial charge in [0, 0.05) is 18.5 Å². The van der Waals surface area contributed by atoms with E-state index in [4.69, 9.17) is 14.2 Å². The van der Waals surface area contributed by atoms with E-state index in [0.717, 1.165) is 25.7 Å². The van der Waals surface area contributed by atoms with Crippen LogP contribution < -0.4 is 16.0 Å². The smallest absolute Gasteiger partial charge is 0.318 e. The Morgan fingerprint density at radius 3 is 2.16 bits per heavy atom. The predicted octanol–water partition coefficient (Wildman–Crippen LogP) is 1.88. The van der Waals surface area contributed by atoms with Crippen LogP contribution in [0.25, 0.3) is 0 Å². The monoisotopic (exact) mass is 538 g/mol. The fraction of sp³-hybridized carbons (Fsp3) is 0.852. The van der Waals surface area contributed by atoms with E-state index in [2.05, 4.69) is 16.0 Å². The number of carbonyl (C=O) groups is 4. The fourth-order valence-electron chi connectivity index (χ4n) is 5.28. The van der Waals surface area contributed by atoms with Crippen LogP contribution in [0.15, 0.2) is 0 Å². The van der Waals surface area contributed by atoms with Gasteiger partial charge < -0.3 is 35.1 Å². The number of nitrogens with zero attached hydrogens (tertiary/aromatic N) is 1. The number of urea groups is 1. The molecule has 2 heterocycles. The van der Waals surface area contributed by atoms with Crippen molar-refractivity contribution in [2.75, 3.05) is 46.1 Å². The minimum absolute atomic E-state index is 0.0229. The van der Waals surface area contributed by atoms with E-state index in [-0.39, 0.29) is 12.6 Å². The van der Waals surface area contributed by atoms with Crippen LogP contribution in [-0.4, -0.2) is 92.0 Å². The van der Waals surface area contributed by atoms with Crippen LogP contribution in [0.1, 0.15) is 79.1 Å². The molecule has 38 heavy (non-hydrogen) atoms. The predicted molar refractivity (Wildman–Crippen MR) is 140 cm³/mol. The Balaban J connectivity index is 1.69. The van der Waals surface area contributed by atoms with Crippen molar-refractivity contribution in [1.29, 1.82) is 0 Å². The first-order chi connectivity index (χ1) is 18.0. The van der Waals surface area contributed by atoms with Crippen molar-refractivity contribution < 1.29 is 33.4 Å². The van der Waals surface area contributed by atoms with Crippen molar-refractivity contribution in [1.82, 2.24) is 20.9 Å². The first-order valence-electron chi connectivity index (χ1n) is 14.1. The molecule has 0 bridgehead atoms. The summed E-state index contributed by atoms with van der Waals surface area (Å²) in [6.45, 7) is 10.5. The van der Waals surface area contributed by atoms with Gasteiger partial charge in [-0.1, -0.05) is 59.8 Å². The first-order valence-corrected chi connectivity index (χ1v) is 14.1. The van der Waals surface area contributed by atoms with Crippen molar-refractivity contribution in [3.63, 3.8) is 0 Å². The van der Waals surface area contributed by atoms with E-state index >= 15 is 0 Å². The summed E-state index contributed by atoms with van der Waals surface area (Å²) in [5, 5.41) is 8.53. The van der Waals surface area contributed by atoms with Crippen LogP contribution in [-0.2, 0) is 28.6 Å². The Hall–Kier alpha value is -2.24. The number of hydrogen-bond donors (Lipinski definition) is 3. The summed E-state index contributed by atoms with van der Waals surface area (Å²) in [6, 6.07) is -1.29. The Labute approximate surface area is 226 Å². The quantitative estimate of drug-likeness (QED) is 0.362. The third-order valence-corrected chi connectivity index (χ3v) is 7.86.